The minimum Gasteiger partial charge on any atom is -0.321 e. The highest BCUT2D eigenvalue weighted by Crippen LogP contribution is 2.36. The standard InChI is InChI=1S/C18H19N/c1-15-9-7-8-14-19(16-10-3-2-4-11-16)18-13-6-5-12-17(15)18/h2-6,8,10-11,13-14,17H,1,7,9,12H2/b14-8-. The Morgan fingerprint density at radius 2 is 1.95 bits per heavy atom. The molecule has 0 aromatic heterocycles. The van der Waals surface area contributed by atoms with Gasteiger partial charge in [-0.25, -0.2) is 0 Å². The molecule has 1 atom stereocenters. The van der Waals surface area contributed by atoms with Gasteiger partial charge in [0.05, 0.1) is 0 Å². The Morgan fingerprint density at radius 1 is 1.11 bits per heavy atom. The van der Waals surface area contributed by atoms with Crippen LogP contribution in [0, 0.1) is 5.92 Å². The topological polar surface area (TPSA) is 3.24 Å². The molecule has 1 unspecified atom stereocenters. The molecule has 3 rings (SSSR count). The maximum absolute atomic E-state index is 4.29. The molecular formula is C18H19N. The zero-order valence-electron chi connectivity index (χ0n) is 11.1. The van der Waals surface area contributed by atoms with E-state index in [2.05, 4.69) is 72.3 Å². The Bertz CT molecular complexity index is 548. The van der Waals surface area contributed by atoms with Gasteiger partial charge in [-0.1, -0.05) is 48.6 Å². The van der Waals surface area contributed by atoms with Crippen LogP contribution in [0.2, 0.25) is 0 Å². The van der Waals surface area contributed by atoms with Gasteiger partial charge in [-0.05, 0) is 37.5 Å². The first kappa shape index (κ1) is 12.0. The molecule has 0 bridgehead atoms. The van der Waals surface area contributed by atoms with Crippen molar-refractivity contribution < 1.29 is 0 Å². The molecule has 1 aliphatic carbocycles. The van der Waals surface area contributed by atoms with Crippen LogP contribution in [0.25, 0.3) is 0 Å². The molecule has 1 heterocycles. The maximum atomic E-state index is 4.29. The number of para-hydroxylation sites is 1. The fourth-order valence-electron chi connectivity index (χ4n) is 2.77. The van der Waals surface area contributed by atoms with Gasteiger partial charge in [0.25, 0.3) is 0 Å². The molecule has 2 aliphatic rings. The highest BCUT2D eigenvalue weighted by molar-refractivity contribution is 5.58. The summed E-state index contributed by atoms with van der Waals surface area (Å²) in [6.45, 7) is 4.29. The van der Waals surface area contributed by atoms with Crippen LogP contribution in [0.3, 0.4) is 0 Å². The Morgan fingerprint density at radius 3 is 2.79 bits per heavy atom. The molecule has 0 saturated heterocycles. The van der Waals surface area contributed by atoms with Crippen LogP contribution in [0.5, 0.6) is 0 Å². The second-order valence-corrected chi connectivity index (χ2v) is 5.10. The molecule has 1 nitrogen and oxygen atoms in total. The van der Waals surface area contributed by atoms with Crippen molar-refractivity contribution in [2.45, 2.75) is 19.3 Å². The third kappa shape index (κ3) is 2.41. The monoisotopic (exact) mass is 249 g/mol. The summed E-state index contributed by atoms with van der Waals surface area (Å²) in [5.41, 5.74) is 3.91. The van der Waals surface area contributed by atoms with Crippen molar-refractivity contribution in [1.29, 1.82) is 0 Å². The molecule has 0 saturated carbocycles. The molecule has 0 spiro atoms. The summed E-state index contributed by atoms with van der Waals surface area (Å²) >= 11 is 0. The van der Waals surface area contributed by atoms with Crippen LogP contribution in [0.4, 0.5) is 5.69 Å². The van der Waals surface area contributed by atoms with Gasteiger partial charge >= 0.3 is 0 Å². The van der Waals surface area contributed by atoms with E-state index in [1.807, 2.05) is 0 Å². The highest BCUT2D eigenvalue weighted by atomic mass is 15.1. The normalized spacial score (nSPS) is 24.2. The van der Waals surface area contributed by atoms with Crippen molar-refractivity contribution in [2.75, 3.05) is 4.90 Å². The molecule has 0 radical (unpaired) electrons. The summed E-state index contributed by atoms with van der Waals surface area (Å²) in [4.78, 5) is 2.30. The van der Waals surface area contributed by atoms with Crippen molar-refractivity contribution in [2.24, 2.45) is 5.92 Å². The average molecular weight is 249 g/mol. The summed E-state index contributed by atoms with van der Waals surface area (Å²) in [6.07, 6.45) is 14.3. The SMILES string of the molecule is C=C1CC/C=C\N(c2ccccc2)C2=CC=CCC12. The predicted octanol–water partition coefficient (Wildman–Crippen LogP) is 4.82. The lowest BCUT2D eigenvalue weighted by Gasteiger charge is -2.33. The fourth-order valence-corrected chi connectivity index (χ4v) is 2.77. The van der Waals surface area contributed by atoms with Crippen LogP contribution in [0.15, 0.2) is 78.7 Å². The lowest BCUT2D eigenvalue weighted by atomic mass is 9.86. The smallest absolute Gasteiger partial charge is 0.0452 e. The van der Waals surface area contributed by atoms with Crippen LogP contribution < -0.4 is 4.90 Å². The van der Waals surface area contributed by atoms with E-state index in [-0.39, 0.29) is 0 Å². The zero-order chi connectivity index (χ0) is 13.1. The van der Waals surface area contributed by atoms with E-state index < -0.39 is 0 Å². The van der Waals surface area contributed by atoms with Crippen LogP contribution >= 0.6 is 0 Å². The first-order chi connectivity index (χ1) is 9.36. The van der Waals surface area contributed by atoms with E-state index in [0.717, 1.165) is 19.3 Å². The number of anilines is 1. The molecular weight excluding hydrogens is 230 g/mol. The molecule has 1 heteroatoms. The fraction of sp³-hybridized carbons (Fsp3) is 0.222. The van der Waals surface area contributed by atoms with Crippen molar-refractivity contribution in [3.8, 4) is 0 Å². The van der Waals surface area contributed by atoms with Crippen LogP contribution in [-0.2, 0) is 0 Å². The number of benzene rings is 1. The van der Waals surface area contributed by atoms with Crippen molar-refractivity contribution in [1.82, 2.24) is 0 Å². The lowest BCUT2D eigenvalue weighted by Crippen LogP contribution is -2.25. The molecule has 0 fully saturated rings. The Hall–Kier alpha value is -2.02. The lowest BCUT2D eigenvalue weighted by molar-refractivity contribution is 0.656. The first-order valence-electron chi connectivity index (χ1n) is 6.91. The average Bonchev–Trinajstić information content (AvgIpc) is 2.46. The number of hydrogen-bond donors (Lipinski definition) is 0. The number of allylic oxidation sites excluding steroid dienone is 5. The number of fused-ring (bicyclic) bond motifs is 1. The van der Waals surface area contributed by atoms with Gasteiger partial charge in [-0.15, -0.1) is 0 Å². The van der Waals surface area contributed by atoms with E-state index >= 15 is 0 Å². The zero-order valence-corrected chi connectivity index (χ0v) is 11.1. The molecule has 0 amide bonds. The Kier molecular flexibility index (Phi) is 3.37. The van der Waals surface area contributed by atoms with E-state index in [4.69, 9.17) is 0 Å². The first-order valence-corrected chi connectivity index (χ1v) is 6.91. The largest absolute Gasteiger partial charge is 0.321 e. The van der Waals surface area contributed by atoms with Crippen LogP contribution in [-0.4, -0.2) is 0 Å². The second kappa shape index (κ2) is 5.31. The molecule has 19 heavy (non-hydrogen) atoms. The van der Waals surface area contributed by atoms with E-state index in [1.165, 1.54) is 17.0 Å². The van der Waals surface area contributed by atoms with Gasteiger partial charge in [0.2, 0.25) is 0 Å². The highest BCUT2D eigenvalue weighted by Gasteiger charge is 2.24. The molecule has 1 aliphatic heterocycles. The molecule has 1 aromatic carbocycles. The molecule has 0 N–H and O–H groups in total. The predicted molar refractivity (Wildman–Crippen MR) is 81.8 cm³/mol. The third-order valence-electron chi connectivity index (χ3n) is 3.82. The molecule has 96 valence electrons. The van der Waals surface area contributed by atoms with E-state index in [9.17, 15) is 0 Å². The van der Waals surface area contributed by atoms with Gasteiger partial charge in [-0.3, -0.25) is 0 Å². The summed E-state index contributed by atoms with van der Waals surface area (Å²) < 4.78 is 0. The van der Waals surface area contributed by atoms with Crippen molar-refractivity contribution >= 4 is 5.69 Å². The van der Waals surface area contributed by atoms with Crippen LogP contribution in [0.1, 0.15) is 19.3 Å². The Labute approximate surface area is 115 Å². The van der Waals surface area contributed by atoms with Gasteiger partial charge in [-0.2, -0.15) is 0 Å². The van der Waals surface area contributed by atoms with Gasteiger partial charge in [0, 0.05) is 23.5 Å². The minimum atomic E-state index is 0.454. The second-order valence-electron chi connectivity index (χ2n) is 5.10. The minimum absolute atomic E-state index is 0.454. The van der Waals surface area contributed by atoms with Crippen molar-refractivity contribution in [3.05, 3.63) is 78.7 Å². The number of nitrogens with zero attached hydrogens (tertiary/aromatic N) is 1. The Balaban J connectivity index is 2.05. The van der Waals surface area contributed by atoms with E-state index in [0.29, 0.717) is 5.92 Å². The summed E-state index contributed by atoms with van der Waals surface area (Å²) in [5, 5.41) is 0. The maximum Gasteiger partial charge on any atom is 0.0452 e. The van der Waals surface area contributed by atoms with Crippen molar-refractivity contribution in [3.63, 3.8) is 0 Å². The summed E-state index contributed by atoms with van der Waals surface area (Å²) in [5.74, 6) is 0.454. The number of hydrogen-bond acceptors (Lipinski definition) is 1. The van der Waals surface area contributed by atoms with Gasteiger partial charge < -0.3 is 4.90 Å². The molecule has 1 aromatic rings. The summed E-state index contributed by atoms with van der Waals surface area (Å²) in [6, 6.07) is 10.6. The summed E-state index contributed by atoms with van der Waals surface area (Å²) in [7, 11) is 0. The van der Waals surface area contributed by atoms with E-state index in [1.54, 1.807) is 0 Å². The van der Waals surface area contributed by atoms with Gasteiger partial charge in [0.1, 0.15) is 0 Å². The van der Waals surface area contributed by atoms with Gasteiger partial charge in [0.15, 0.2) is 0 Å². The quantitative estimate of drug-likeness (QED) is 0.645. The third-order valence-corrected chi connectivity index (χ3v) is 3.82. The number of rotatable bonds is 1.